The van der Waals surface area contributed by atoms with Crippen molar-refractivity contribution >= 4 is 16.8 Å². The average Bonchev–Trinajstić information content (AvgIpc) is 3.58. The molecule has 42 heavy (non-hydrogen) atoms. The number of aliphatic hydroxyl groups excluding tert-OH is 1. The fraction of sp³-hybridized carbons (Fsp3) is 0.515. The van der Waals surface area contributed by atoms with Crippen LogP contribution in [-0.2, 0) is 22.5 Å². The largest absolute Gasteiger partial charge is 0.506 e. The molecule has 226 valence electrons. The van der Waals surface area contributed by atoms with E-state index in [0.29, 0.717) is 49.2 Å². The third-order valence-electron chi connectivity index (χ3n) is 8.88. The minimum atomic E-state index is -0.839. The Balaban J connectivity index is 0.936. The number of carbonyl (C=O) groups is 1. The molecule has 1 amide bonds. The van der Waals surface area contributed by atoms with Gasteiger partial charge in [-0.3, -0.25) is 14.5 Å². The highest BCUT2D eigenvalue weighted by Crippen LogP contribution is 2.38. The molecule has 3 aromatic rings. The van der Waals surface area contributed by atoms with Crippen LogP contribution in [0.4, 0.5) is 0 Å². The number of rotatable bonds is 14. The van der Waals surface area contributed by atoms with Crippen molar-refractivity contribution in [3.05, 3.63) is 75.6 Å². The van der Waals surface area contributed by atoms with Gasteiger partial charge in [0.25, 0.3) is 0 Å². The van der Waals surface area contributed by atoms with Crippen LogP contribution in [0.5, 0.6) is 5.75 Å². The molecule has 2 aliphatic rings. The Morgan fingerprint density at radius 1 is 1.07 bits per heavy atom. The number of pyridine rings is 1. The van der Waals surface area contributed by atoms with E-state index in [-0.39, 0.29) is 23.8 Å². The molecule has 1 saturated heterocycles. The fourth-order valence-corrected chi connectivity index (χ4v) is 6.44. The lowest BCUT2D eigenvalue weighted by molar-refractivity contribution is -0.131. The second kappa shape index (κ2) is 14.3. The number of benzene rings is 2. The zero-order chi connectivity index (χ0) is 29.5. The lowest BCUT2D eigenvalue weighted by atomic mass is 10.0. The standard InChI is InChI=1S/C33H44N4O5/c1-36(16-15-34-19-30(39)27-9-11-29(38)33-28(27)10-12-31(40)35-33)32(41)14-18-42-17-13-23-5-7-24(8-6-23)20-37-21-25-3-2-4-26(25)22-37/h5-12,25-26,30,34,38-39H,2-4,13-22H2,1H3,(H,35,40)/t25-,26+,30?. The van der Waals surface area contributed by atoms with Crippen molar-refractivity contribution in [3.8, 4) is 5.75 Å². The molecule has 9 heteroatoms. The van der Waals surface area contributed by atoms with Crippen LogP contribution in [0.25, 0.3) is 10.9 Å². The third kappa shape index (κ3) is 7.77. The van der Waals surface area contributed by atoms with Crippen LogP contribution in [0.15, 0.2) is 53.3 Å². The van der Waals surface area contributed by atoms with E-state index in [2.05, 4.69) is 39.5 Å². The van der Waals surface area contributed by atoms with Crippen LogP contribution in [0.2, 0.25) is 0 Å². The van der Waals surface area contributed by atoms with Crippen molar-refractivity contribution in [1.82, 2.24) is 20.1 Å². The number of ether oxygens (including phenoxy) is 1. The first-order valence-corrected chi connectivity index (χ1v) is 15.2. The van der Waals surface area contributed by atoms with Gasteiger partial charge in [-0.05, 0) is 59.9 Å². The molecule has 1 saturated carbocycles. The number of nitrogens with zero attached hydrogens (tertiary/aromatic N) is 2. The smallest absolute Gasteiger partial charge is 0.248 e. The topological polar surface area (TPSA) is 118 Å². The van der Waals surface area contributed by atoms with Crippen molar-refractivity contribution in [2.24, 2.45) is 11.8 Å². The van der Waals surface area contributed by atoms with E-state index in [0.717, 1.165) is 24.8 Å². The number of fused-ring (bicyclic) bond motifs is 2. The summed E-state index contributed by atoms with van der Waals surface area (Å²) in [6.07, 6.45) is 4.57. The maximum atomic E-state index is 12.5. The number of H-pyrrole nitrogens is 1. The van der Waals surface area contributed by atoms with E-state index in [4.69, 9.17) is 4.74 Å². The zero-order valence-electron chi connectivity index (χ0n) is 24.6. The maximum absolute atomic E-state index is 12.5. The normalized spacial score (nSPS) is 19.3. The molecule has 0 radical (unpaired) electrons. The summed E-state index contributed by atoms with van der Waals surface area (Å²) < 4.78 is 5.75. The SMILES string of the molecule is CN(CCNCC(O)c1ccc(O)c2[nH]c(=O)ccc12)C(=O)CCOCCc1ccc(CN2C[C@H]3CCC[C@H]3C2)cc1. The number of aromatic amines is 1. The number of likely N-dealkylation sites (N-methyl/N-ethyl adjacent to an activating group) is 1. The van der Waals surface area contributed by atoms with Crippen molar-refractivity contribution < 1.29 is 19.7 Å². The molecular formula is C33H44N4O5. The molecule has 2 fully saturated rings. The number of nitrogens with one attached hydrogen (secondary N) is 2. The highest BCUT2D eigenvalue weighted by atomic mass is 16.5. The van der Waals surface area contributed by atoms with Crippen molar-refractivity contribution in [1.29, 1.82) is 0 Å². The van der Waals surface area contributed by atoms with Crippen LogP contribution >= 0.6 is 0 Å². The van der Waals surface area contributed by atoms with E-state index >= 15 is 0 Å². The summed E-state index contributed by atoms with van der Waals surface area (Å²) in [4.78, 5) is 31.0. The highest BCUT2D eigenvalue weighted by molar-refractivity contribution is 5.87. The zero-order valence-corrected chi connectivity index (χ0v) is 24.6. The Morgan fingerprint density at radius 3 is 2.57 bits per heavy atom. The molecule has 2 aromatic carbocycles. The van der Waals surface area contributed by atoms with Gasteiger partial charge in [0.05, 0.1) is 31.3 Å². The third-order valence-corrected chi connectivity index (χ3v) is 8.88. The molecule has 1 aliphatic carbocycles. The second-order valence-electron chi connectivity index (χ2n) is 11.9. The first-order chi connectivity index (χ1) is 20.4. The van der Waals surface area contributed by atoms with E-state index in [1.807, 2.05) is 0 Å². The van der Waals surface area contributed by atoms with Crippen LogP contribution < -0.4 is 10.9 Å². The van der Waals surface area contributed by atoms with E-state index < -0.39 is 6.10 Å². The van der Waals surface area contributed by atoms with Gasteiger partial charge in [-0.15, -0.1) is 0 Å². The second-order valence-corrected chi connectivity index (χ2v) is 11.9. The predicted octanol–water partition coefficient (Wildman–Crippen LogP) is 3.20. The molecule has 9 nitrogen and oxygen atoms in total. The quantitative estimate of drug-likeness (QED) is 0.218. The monoisotopic (exact) mass is 576 g/mol. The van der Waals surface area contributed by atoms with Gasteiger partial charge >= 0.3 is 0 Å². The van der Waals surface area contributed by atoms with Gasteiger partial charge in [0.1, 0.15) is 5.75 Å². The van der Waals surface area contributed by atoms with E-state index in [9.17, 15) is 19.8 Å². The van der Waals surface area contributed by atoms with E-state index in [1.165, 1.54) is 55.6 Å². The molecule has 1 aliphatic heterocycles. The van der Waals surface area contributed by atoms with Gasteiger partial charge < -0.3 is 30.2 Å². The molecule has 3 atom stereocenters. The van der Waals surface area contributed by atoms with Gasteiger partial charge in [-0.1, -0.05) is 36.8 Å². The number of aliphatic hydroxyl groups is 1. The van der Waals surface area contributed by atoms with Gasteiger partial charge in [-0.25, -0.2) is 0 Å². The number of carbonyl (C=O) groups excluding carboxylic acids is 1. The molecule has 1 aromatic heterocycles. The number of likely N-dealkylation sites (tertiary alicyclic amines) is 1. The number of hydrogen-bond donors (Lipinski definition) is 4. The van der Waals surface area contributed by atoms with Crippen molar-refractivity contribution in [2.45, 2.75) is 44.8 Å². The van der Waals surface area contributed by atoms with Crippen molar-refractivity contribution in [3.63, 3.8) is 0 Å². The Labute approximate surface area is 247 Å². The minimum absolute atomic E-state index is 0.0150. The number of phenols is 1. The van der Waals surface area contributed by atoms with Gasteiger partial charge in [-0.2, -0.15) is 0 Å². The van der Waals surface area contributed by atoms with Crippen LogP contribution in [0.1, 0.15) is 48.5 Å². The molecule has 2 heterocycles. The Morgan fingerprint density at radius 2 is 1.81 bits per heavy atom. The summed E-state index contributed by atoms with van der Waals surface area (Å²) in [5, 5.41) is 24.5. The van der Waals surface area contributed by atoms with E-state index in [1.54, 1.807) is 24.1 Å². The summed E-state index contributed by atoms with van der Waals surface area (Å²) in [6.45, 7) is 5.83. The lowest BCUT2D eigenvalue weighted by Gasteiger charge is -2.19. The molecule has 0 spiro atoms. The highest BCUT2D eigenvalue weighted by Gasteiger charge is 2.35. The van der Waals surface area contributed by atoms with Crippen LogP contribution in [-0.4, -0.2) is 83.9 Å². The molecular weight excluding hydrogens is 532 g/mol. The molecule has 1 unspecified atom stereocenters. The predicted molar refractivity (Wildman–Crippen MR) is 163 cm³/mol. The van der Waals surface area contributed by atoms with Crippen molar-refractivity contribution in [2.75, 3.05) is 53.0 Å². The molecule has 5 rings (SSSR count). The average molecular weight is 577 g/mol. The fourth-order valence-electron chi connectivity index (χ4n) is 6.44. The number of aromatic nitrogens is 1. The number of phenolic OH excluding ortho intramolecular Hbond substituents is 1. The maximum Gasteiger partial charge on any atom is 0.248 e. The number of aromatic hydroxyl groups is 1. The summed E-state index contributed by atoms with van der Waals surface area (Å²) in [6, 6.07) is 14.9. The Kier molecular flexibility index (Phi) is 10.3. The van der Waals surface area contributed by atoms with Gasteiger partial charge in [0.15, 0.2) is 0 Å². The summed E-state index contributed by atoms with van der Waals surface area (Å²) >= 11 is 0. The number of amides is 1. The van der Waals surface area contributed by atoms with Crippen LogP contribution in [0.3, 0.4) is 0 Å². The summed E-state index contributed by atoms with van der Waals surface area (Å²) in [5.41, 5.74) is 3.22. The first-order valence-electron chi connectivity index (χ1n) is 15.2. The molecule has 4 N–H and O–H groups in total. The summed E-state index contributed by atoms with van der Waals surface area (Å²) in [7, 11) is 1.76. The number of hydrogen-bond acceptors (Lipinski definition) is 7. The Hall–Kier alpha value is -3.24. The lowest BCUT2D eigenvalue weighted by Crippen LogP contribution is -2.35. The van der Waals surface area contributed by atoms with Gasteiger partial charge in [0, 0.05) is 57.8 Å². The Bertz CT molecular complexity index is 1380. The minimum Gasteiger partial charge on any atom is -0.506 e. The molecule has 0 bridgehead atoms. The van der Waals surface area contributed by atoms with Crippen LogP contribution in [0, 0.1) is 11.8 Å². The summed E-state index contributed by atoms with van der Waals surface area (Å²) in [5.74, 6) is 1.83. The first kappa shape index (κ1) is 30.2. The van der Waals surface area contributed by atoms with Gasteiger partial charge in [0.2, 0.25) is 11.5 Å².